The van der Waals surface area contributed by atoms with Gasteiger partial charge in [-0.25, -0.2) is 0 Å². The third-order valence-corrected chi connectivity index (χ3v) is 5.62. The number of ketones is 1. The summed E-state index contributed by atoms with van der Waals surface area (Å²) in [6.07, 6.45) is 5.50. The van der Waals surface area contributed by atoms with Gasteiger partial charge in [0.05, 0.1) is 24.4 Å². The van der Waals surface area contributed by atoms with E-state index in [1.54, 1.807) is 48.8 Å². The number of ether oxygens (including phenoxy) is 1. The second-order valence-corrected chi connectivity index (χ2v) is 7.75. The van der Waals surface area contributed by atoms with Gasteiger partial charge >= 0.3 is 0 Å². The average Bonchev–Trinajstić information content (AvgIpc) is 3.48. The van der Waals surface area contributed by atoms with E-state index in [4.69, 9.17) is 9.15 Å². The molecule has 7 nitrogen and oxygen atoms in total. The number of fused-ring (bicyclic) bond motifs is 1. The van der Waals surface area contributed by atoms with Crippen molar-refractivity contribution < 1.29 is 23.8 Å². The summed E-state index contributed by atoms with van der Waals surface area (Å²) in [4.78, 5) is 31.5. The number of likely N-dealkylation sites (tertiary alicyclic amines) is 1. The van der Waals surface area contributed by atoms with Gasteiger partial charge in [-0.15, -0.1) is 0 Å². The summed E-state index contributed by atoms with van der Waals surface area (Å²) in [5.41, 5.74) is 2.10. The molecular formula is C24H20N2O5. The third-order valence-electron chi connectivity index (χ3n) is 5.62. The Morgan fingerprint density at radius 2 is 2.10 bits per heavy atom. The first-order valence-electron chi connectivity index (χ1n) is 10.0. The summed E-state index contributed by atoms with van der Waals surface area (Å²) in [5, 5.41) is 11.2. The van der Waals surface area contributed by atoms with Crippen molar-refractivity contribution in [3.8, 4) is 5.75 Å². The highest BCUT2D eigenvalue weighted by Gasteiger charge is 2.46. The van der Waals surface area contributed by atoms with Gasteiger partial charge in [0.2, 0.25) is 0 Å². The number of hydrogen-bond donors (Lipinski definition) is 1. The molecule has 3 aromatic rings. The van der Waals surface area contributed by atoms with Crippen LogP contribution in [0.4, 0.5) is 0 Å². The number of aliphatic hydroxyl groups excluding tert-OH is 1. The van der Waals surface area contributed by atoms with Crippen LogP contribution in [0.15, 0.2) is 71.1 Å². The minimum absolute atomic E-state index is 0.0384. The lowest BCUT2D eigenvalue weighted by Gasteiger charge is -2.24. The topological polar surface area (TPSA) is 92.9 Å². The van der Waals surface area contributed by atoms with Crippen LogP contribution >= 0.6 is 0 Å². The van der Waals surface area contributed by atoms with Crippen molar-refractivity contribution in [2.24, 2.45) is 0 Å². The number of rotatable bonds is 4. The fraction of sp³-hybridized carbons (Fsp3) is 0.208. The Morgan fingerprint density at radius 3 is 2.84 bits per heavy atom. The smallest absolute Gasteiger partial charge is 0.296 e. The highest BCUT2D eigenvalue weighted by Crippen LogP contribution is 2.41. The van der Waals surface area contributed by atoms with Crippen molar-refractivity contribution in [1.82, 2.24) is 9.88 Å². The zero-order valence-corrected chi connectivity index (χ0v) is 16.8. The Bertz CT molecular complexity index is 1180. The van der Waals surface area contributed by atoms with Crippen LogP contribution in [0.2, 0.25) is 0 Å². The number of amides is 1. The maximum absolute atomic E-state index is 13.0. The van der Waals surface area contributed by atoms with Crippen LogP contribution in [0.3, 0.4) is 0 Å². The lowest BCUT2D eigenvalue weighted by molar-refractivity contribution is -0.140. The summed E-state index contributed by atoms with van der Waals surface area (Å²) >= 11 is 0. The molecule has 0 unspecified atom stereocenters. The number of hydrogen-bond acceptors (Lipinski definition) is 6. The number of carbonyl (C=O) groups excluding carboxylic acids is 2. The van der Waals surface area contributed by atoms with E-state index in [0.717, 1.165) is 17.7 Å². The van der Waals surface area contributed by atoms with Gasteiger partial charge in [-0.05, 0) is 54.4 Å². The highest BCUT2D eigenvalue weighted by molar-refractivity contribution is 6.46. The molecule has 2 aromatic heterocycles. The maximum Gasteiger partial charge on any atom is 0.296 e. The molecular weight excluding hydrogens is 396 g/mol. The van der Waals surface area contributed by atoms with Crippen LogP contribution in [0.5, 0.6) is 5.75 Å². The molecule has 5 rings (SSSR count). The van der Waals surface area contributed by atoms with Crippen LogP contribution in [0.25, 0.3) is 5.76 Å². The number of aliphatic hydroxyl groups is 1. The van der Waals surface area contributed by atoms with Crippen LogP contribution in [-0.4, -0.2) is 32.8 Å². The highest BCUT2D eigenvalue weighted by atomic mass is 16.5. The third kappa shape index (κ3) is 3.28. The molecule has 1 fully saturated rings. The molecule has 0 saturated carbocycles. The molecule has 0 radical (unpaired) electrons. The molecule has 0 spiro atoms. The summed E-state index contributed by atoms with van der Waals surface area (Å²) in [6.45, 7) is 2.07. The first-order chi connectivity index (χ1) is 15.0. The molecule has 1 aromatic carbocycles. The number of carbonyl (C=O) groups is 2. The molecule has 31 heavy (non-hydrogen) atoms. The molecule has 7 heteroatoms. The van der Waals surface area contributed by atoms with Gasteiger partial charge in [0.15, 0.2) is 0 Å². The number of Topliss-reactive ketones (excluding diaryl/α,β-unsaturated/α-hetero) is 1. The van der Waals surface area contributed by atoms with Crippen molar-refractivity contribution in [1.29, 1.82) is 0 Å². The lowest BCUT2D eigenvalue weighted by Crippen LogP contribution is -2.29. The average molecular weight is 416 g/mol. The number of pyridine rings is 1. The van der Waals surface area contributed by atoms with Crippen molar-refractivity contribution >= 4 is 17.4 Å². The summed E-state index contributed by atoms with van der Waals surface area (Å²) in [7, 11) is 0. The fourth-order valence-corrected chi connectivity index (χ4v) is 4.22. The lowest BCUT2D eigenvalue weighted by atomic mass is 9.95. The molecule has 2 aliphatic heterocycles. The fourth-order valence-electron chi connectivity index (χ4n) is 4.22. The number of furan rings is 1. The Hall–Kier alpha value is -3.87. The van der Waals surface area contributed by atoms with Crippen LogP contribution in [-0.2, 0) is 22.6 Å². The zero-order chi connectivity index (χ0) is 21.5. The van der Waals surface area contributed by atoms with Crippen molar-refractivity contribution in [3.63, 3.8) is 0 Å². The van der Waals surface area contributed by atoms with E-state index in [1.807, 2.05) is 13.0 Å². The quantitative estimate of drug-likeness (QED) is 0.397. The molecule has 2 aliphatic rings. The standard InChI is InChI=1S/C24H20N2O5/c1-14-10-17-11-15(6-7-19(17)31-14)22(27)20-21(16-4-2-8-25-12-16)26(24(29)23(20)28)13-18-5-3-9-30-18/h2-9,11-12,14,21,27H,10,13H2,1H3/t14-,21+/m1/s1. The molecule has 156 valence electrons. The van der Waals surface area contributed by atoms with Crippen LogP contribution in [0.1, 0.15) is 35.4 Å². The van der Waals surface area contributed by atoms with Crippen LogP contribution in [0, 0.1) is 0 Å². The van der Waals surface area contributed by atoms with E-state index >= 15 is 0 Å². The molecule has 1 N–H and O–H groups in total. The zero-order valence-electron chi connectivity index (χ0n) is 16.8. The Morgan fingerprint density at radius 1 is 1.23 bits per heavy atom. The van der Waals surface area contributed by atoms with Gasteiger partial charge in [0.1, 0.15) is 23.4 Å². The van der Waals surface area contributed by atoms with Gasteiger partial charge in [0, 0.05) is 24.4 Å². The summed E-state index contributed by atoms with van der Waals surface area (Å²) < 4.78 is 11.1. The number of benzene rings is 1. The Balaban J connectivity index is 1.62. The first kappa shape index (κ1) is 19.1. The maximum atomic E-state index is 13.0. The van der Waals surface area contributed by atoms with Gasteiger partial charge in [0.25, 0.3) is 11.7 Å². The molecule has 1 amide bonds. The minimum Gasteiger partial charge on any atom is -0.507 e. The van der Waals surface area contributed by atoms with E-state index in [9.17, 15) is 14.7 Å². The monoisotopic (exact) mass is 416 g/mol. The molecule has 2 atom stereocenters. The van der Waals surface area contributed by atoms with Gasteiger partial charge in [-0.1, -0.05) is 6.07 Å². The molecule has 0 bridgehead atoms. The van der Waals surface area contributed by atoms with Gasteiger partial charge in [-0.3, -0.25) is 14.6 Å². The Labute approximate surface area is 178 Å². The second-order valence-electron chi connectivity index (χ2n) is 7.75. The summed E-state index contributed by atoms with van der Waals surface area (Å²) in [5.74, 6) is -0.324. The van der Waals surface area contributed by atoms with Crippen molar-refractivity contribution in [3.05, 3.63) is 89.1 Å². The van der Waals surface area contributed by atoms with Crippen molar-refractivity contribution in [2.45, 2.75) is 32.0 Å². The summed E-state index contributed by atoms with van der Waals surface area (Å²) in [6, 6.07) is 11.5. The first-order valence-corrected chi connectivity index (χ1v) is 10.0. The van der Waals surface area contributed by atoms with E-state index in [-0.39, 0.29) is 24.0 Å². The number of nitrogens with zero attached hydrogens (tertiary/aromatic N) is 2. The number of aromatic nitrogens is 1. The second kappa shape index (κ2) is 7.43. The normalized spacial score (nSPS) is 21.9. The SMILES string of the molecule is C[C@@H]1Cc2cc(C(O)=C3C(=O)C(=O)N(Cc4ccco4)[C@H]3c3cccnc3)ccc2O1. The largest absolute Gasteiger partial charge is 0.507 e. The predicted octanol–water partition coefficient (Wildman–Crippen LogP) is 3.62. The van der Waals surface area contributed by atoms with E-state index in [0.29, 0.717) is 16.9 Å². The van der Waals surface area contributed by atoms with E-state index < -0.39 is 17.7 Å². The van der Waals surface area contributed by atoms with Crippen LogP contribution < -0.4 is 4.74 Å². The van der Waals surface area contributed by atoms with E-state index in [1.165, 1.54) is 11.2 Å². The predicted molar refractivity (Wildman–Crippen MR) is 111 cm³/mol. The molecule has 4 heterocycles. The van der Waals surface area contributed by atoms with Gasteiger partial charge < -0.3 is 19.2 Å². The molecule has 1 saturated heterocycles. The molecule has 0 aliphatic carbocycles. The minimum atomic E-state index is -0.776. The van der Waals surface area contributed by atoms with Crippen molar-refractivity contribution in [2.75, 3.05) is 0 Å². The Kier molecular flexibility index (Phi) is 4.58. The van der Waals surface area contributed by atoms with Gasteiger partial charge in [-0.2, -0.15) is 0 Å². The van der Waals surface area contributed by atoms with E-state index in [2.05, 4.69) is 4.98 Å².